The molecule has 0 saturated carbocycles. The number of nitrogens with zero attached hydrogens (tertiary/aromatic N) is 2. The number of ether oxygens (including phenoxy) is 1. The number of rotatable bonds is 9. The van der Waals surface area contributed by atoms with Crippen LogP contribution in [-0.2, 0) is 23.0 Å². The average molecular weight is 398 g/mol. The van der Waals surface area contributed by atoms with Gasteiger partial charge < -0.3 is 4.74 Å². The van der Waals surface area contributed by atoms with E-state index in [4.69, 9.17) is 4.74 Å². The lowest BCUT2D eigenvalue weighted by molar-refractivity contribution is 0.340. The van der Waals surface area contributed by atoms with Crippen LogP contribution < -0.4 is 9.46 Å². The molecule has 3 rings (SSSR count). The molecule has 1 aromatic heterocycles. The van der Waals surface area contributed by atoms with Crippen LogP contribution in [0.5, 0.6) is 5.75 Å². The van der Waals surface area contributed by atoms with Gasteiger partial charge in [-0.2, -0.15) is 0 Å². The van der Waals surface area contributed by atoms with E-state index < -0.39 is 10.0 Å². The first kappa shape index (κ1) is 20.0. The fourth-order valence-corrected chi connectivity index (χ4v) is 3.42. The second-order valence-corrected chi connectivity index (χ2v) is 8.17. The highest BCUT2D eigenvalue weighted by atomic mass is 32.2. The summed E-state index contributed by atoms with van der Waals surface area (Å²) in [7, 11) is -3.48. The van der Waals surface area contributed by atoms with Crippen molar-refractivity contribution in [1.82, 2.24) is 14.7 Å². The Morgan fingerprint density at radius 2 is 1.75 bits per heavy atom. The molecule has 0 spiro atoms. The van der Waals surface area contributed by atoms with E-state index in [-0.39, 0.29) is 18.9 Å². The van der Waals surface area contributed by atoms with Gasteiger partial charge in [-0.25, -0.2) is 23.1 Å². The van der Waals surface area contributed by atoms with E-state index in [1.807, 2.05) is 54.6 Å². The summed E-state index contributed by atoms with van der Waals surface area (Å²) in [5.41, 5.74) is 3.52. The van der Waals surface area contributed by atoms with Crippen molar-refractivity contribution in [1.29, 1.82) is 0 Å². The number of hydrogen-bond donors (Lipinski definition) is 1. The molecule has 2 aromatic carbocycles. The number of benzene rings is 2. The van der Waals surface area contributed by atoms with Crippen LogP contribution in [0, 0.1) is 0 Å². The molecular weight excluding hydrogens is 374 g/mol. The lowest BCUT2D eigenvalue weighted by Gasteiger charge is -2.09. The Balaban J connectivity index is 1.52. The molecule has 0 bridgehead atoms. The topological polar surface area (TPSA) is 81.2 Å². The molecule has 3 aromatic rings. The van der Waals surface area contributed by atoms with Crippen LogP contribution in [0.1, 0.15) is 18.2 Å². The summed E-state index contributed by atoms with van der Waals surface area (Å²) >= 11 is 0. The van der Waals surface area contributed by atoms with Crippen LogP contribution in [-0.4, -0.2) is 30.7 Å². The molecule has 0 atom stereocenters. The van der Waals surface area contributed by atoms with Gasteiger partial charge in [0, 0.05) is 5.56 Å². The maximum Gasteiger partial charge on any atom is 0.215 e. The minimum Gasteiger partial charge on any atom is -0.492 e. The molecule has 28 heavy (non-hydrogen) atoms. The van der Waals surface area contributed by atoms with Gasteiger partial charge in [-0.15, -0.1) is 0 Å². The summed E-state index contributed by atoms with van der Waals surface area (Å²) in [6, 6.07) is 19.1. The highest BCUT2D eigenvalue weighted by Gasteiger charge is 2.11. The van der Waals surface area contributed by atoms with Crippen molar-refractivity contribution < 1.29 is 13.2 Å². The van der Waals surface area contributed by atoms with Gasteiger partial charge in [0.2, 0.25) is 10.0 Å². The number of aryl methyl sites for hydroxylation is 1. The highest BCUT2D eigenvalue weighted by molar-refractivity contribution is 7.89. The standard InChI is InChI=1S/C21H23N3O3S/c1-2-17-8-10-20(11-9-17)27-12-13-28(25,26)24-15-19-14-21(23-16-22-19)18-6-4-3-5-7-18/h3-11,14,16,24H,2,12-13,15H2,1H3. The maximum atomic E-state index is 12.2. The predicted molar refractivity (Wildman–Crippen MR) is 109 cm³/mol. The van der Waals surface area contributed by atoms with Crippen molar-refractivity contribution in [3.63, 3.8) is 0 Å². The lowest BCUT2D eigenvalue weighted by Crippen LogP contribution is -2.29. The smallest absolute Gasteiger partial charge is 0.215 e. The van der Waals surface area contributed by atoms with E-state index in [1.165, 1.54) is 11.9 Å². The summed E-state index contributed by atoms with van der Waals surface area (Å²) < 4.78 is 32.5. The summed E-state index contributed by atoms with van der Waals surface area (Å²) in [6.07, 6.45) is 2.39. The molecule has 0 aliphatic heterocycles. The van der Waals surface area contributed by atoms with E-state index in [1.54, 1.807) is 6.07 Å². The Morgan fingerprint density at radius 1 is 1.00 bits per heavy atom. The van der Waals surface area contributed by atoms with Crippen molar-refractivity contribution >= 4 is 10.0 Å². The molecule has 0 fully saturated rings. The van der Waals surface area contributed by atoms with E-state index in [2.05, 4.69) is 21.6 Å². The first-order chi connectivity index (χ1) is 13.6. The molecule has 0 unspecified atom stereocenters. The molecule has 0 aliphatic rings. The molecule has 0 amide bonds. The molecule has 0 saturated heterocycles. The first-order valence-electron chi connectivity index (χ1n) is 9.11. The highest BCUT2D eigenvalue weighted by Crippen LogP contribution is 2.16. The first-order valence-corrected chi connectivity index (χ1v) is 10.8. The van der Waals surface area contributed by atoms with Gasteiger partial charge in [0.1, 0.15) is 18.7 Å². The number of aromatic nitrogens is 2. The van der Waals surface area contributed by atoms with Gasteiger partial charge in [-0.3, -0.25) is 0 Å². The predicted octanol–water partition coefficient (Wildman–Crippen LogP) is 3.20. The van der Waals surface area contributed by atoms with Crippen molar-refractivity contribution in [3.05, 3.63) is 78.2 Å². The third-order valence-corrected chi connectivity index (χ3v) is 5.51. The molecular formula is C21H23N3O3S. The van der Waals surface area contributed by atoms with E-state index in [0.717, 1.165) is 17.7 Å². The Bertz CT molecular complexity index is 991. The van der Waals surface area contributed by atoms with Crippen LogP contribution in [0.3, 0.4) is 0 Å². The fraction of sp³-hybridized carbons (Fsp3) is 0.238. The van der Waals surface area contributed by atoms with E-state index in [9.17, 15) is 8.42 Å². The third kappa shape index (κ3) is 5.87. The van der Waals surface area contributed by atoms with Crippen LogP contribution in [0.15, 0.2) is 67.0 Å². The minimum absolute atomic E-state index is 0.0832. The Labute approximate surface area is 165 Å². The van der Waals surface area contributed by atoms with Crippen LogP contribution in [0.4, 0.5) is 0 Å². The van der Waals surface area contributed by atoms with Gasteiger partial charge in [-0.05, 0) is 30.2 Å². The quantitative estimate of drug-likeness (QED) is 0.600. The zero-order valence-corrected chi connectivity index (χ0v) is 16.5. The molecule has 1 heterocycles. The monoisotopic (exact) mass is 397 g/mol. The Hall–Kier alpha value is -2.77. The van der Waals surface area contributed by atoms with Crippen molar-refractivity contribution in [2.75, 3.05) is 12.4 Å². The Morgan fingerprint density at radius 3 is 2.46 bits per heavy atom. The third-order valence-electron chi connectivity index (χ3n) is 4.22. The average Bonchev–Trinajstić information content (AvgIpc) is 2.74. The van der Waals surface area contributed by atoms with Gasteiger partial charge >= 0.3 is 0 Å². The molecule has 146 valence electrons. The lowest BCUT2D eigenvalue weighted by atomic mass is 10.1. The van der Waals surface area contributed by atoms with Crippen LogP contribution in [0.2, 0.25) is 0 Å². The maximum absolute atomic E-state index is 12.2. The fourth-order valence-electron chi connectivity index (χ4n) is 2.61. The van der Waals surface area contributed by atoms with Crippen LogP contribution >= 0.6 is 0 Å². The molecule has 0 radical (unpaired) electrons. The zero-order valence-electron chi connectivity index (χ0n) is 15.7. The molecule has 7 heteroatoms. The second-order valence-electron chi connectivity index (χ2n) is 6.25. The van der Waals surface area contributed by atoms with Gasteiger partial charge in [0.15, 0.2) is 0 Å². The van der Waals surface area contributed by atoms with Crippen molar-refractivity contribution in [2.45, 2.75) is 19.9 Å². The zero-order chi connectivity index (χ0) is 19.8. The number of nitrogens with one attached hydrogen (secondary N) is 1. The summed E-state index contributed by atoms with van der Waals surface area (Å²) in [5.74, 6) is 0.537. The van der Waals surface area contributed by atoms with E-state index >= 15 is 0 Å². The SMILES string of the molecule is CCc1ccc(OCCS(=O)(=O)NCc2cc(-c3ccccc3)ncn2)cc1. The van der Waals surface area contributed by atoms with Gasteiger partial charge in [0.25, 0.3) is 0 Å². The van der Waals surface area contributed by atoms with Crippen molar-refractivity contribution in [2.24, 2.45) is 0 Å². The molecule has 0 aliphatic carbocycles. The van der Waals surface area contributed by atoms with Crippen molar-refractivity contribution in [3.8, 4) is 17.0 Å². The van der Waals surface area contributed by atoms with Gasteiger partial charge in [-0.1, -0.05) is 49.4 Å². The second kappa shape index (κ2) is 9.43. The summed E-state index contributed by atoms with van der Waals surface area (Å²) in [5, 5.41) is 0. The molecule has 6 nitrogen and oxygen atoms in total. The Kier molecular flexibility index (Phi) is 6.73. The normalized spacial score (nSPS) is 11.3. The van der Waals surface area contributed by atoms with E-state index in [0.29, 0.717) is 11.4 Å². The summed E-state index contributed by atoms with van der Waals surface area (Å²) in [4.78, 5) is 8.38. The van der Waals surface area contributed by atoms with Crippen LogP contribution in [0.25, 0.3) is 11.3 Å². The summed E-state index contributed by atoms with van der Waals surface area (Å²) in [6.45, 7) is 2.27. The minimum atomic E-state index is -3.48. The number of sulfonamides is 1. The number of hydrogen-bond acceptors (Lipinski definition) is 5. The van der Waals surface area contributed by atoms with Gasteiger partial charge in [0.05, 0.1) is 23.7 Å². The largest absolute Gasteiger partial charge is 0.492 e. The molecule has 1 N–H and O–H groups in total.